The van der Waals surface area contributed by atoms with E-state index in [9.17, 15) is 24.3 Å². The van der Waals surface area contributed by atoms with Crippen LogP contribution < -0.4 is 21.5 Å². The largest absolute Gasteiger partial charge is 0.461 e. The van der Waals surface area contributed by atoms with Crippen LogP contribution in [0.15, 0.2) is 22.2 Å². The van der Waals surface area contributed by atoms with Gasteiger partial charge in [-0.1, -0.05) is 33.8 Å². The zero-order chi connectivity index (χ0) is 30.0. The van der Waals surface area contributed by atoms with Gasteiger partial charge in [-0.2, -0.15) is 0 Å². The van der Waals surface area contributed by atoms with Crippen molar-refractivity contribution < 1.29 is 19.4 Å². The lowest BCUT2D eigenvalue weighted by Gasteiger charge is -2.61. The summed E-state index contributed by atoms with van der Waals surface area (Å²) in [6.07, 6.45) is 4.01. The van der Waals surface area contributed by atoms with Gasteiger partial charge < -0.3 is 20.5 Å². The minimum absolute atomic E-state index is 0.0221. The monoisotopic (exact) mass is 574 g/mol. The van der Waals surface area contributed by atoms with Gasteiger partial charge in [0.2, 0.25) is 0 Å². The summed E-state index contributed by atoms with van der Waals surface area (Å²) in [5.74, 6) is -0.236. The normalized spacial score (nSPS) is 37.9. The van der Waals surface area contributed by atoms with Crippen molar-refractivity contribution in [3.63, 3.8) is 0 Å². The first-order valence-electron chi connectivity index (χ1n) is 14.4. The molecule has 0 radical (unpaired) electrons. The first-order chi connectivity index (χ1) is 18.4. The van der Waals surface area contributed by atoms with Gasteiger partial charge in [-0.3, -0.25) is 19.2 Å². The third-order valence-electron chi connectivity index (χ3n) is 11.1. The lowest BCUT2D eigenvalue weighted by Crippen LogP contribution is -2.63. The van der Waals surface area contributed by atoms with Crippen molar-refractivity contribution in [2.24, 2.45) is 34.0 Å². The Morgan fingerprint density at radius 2 is 1.88 bits per heavy atom. The number of Topliss-reactive ketones (excluding diaryl/α,β-unsaturated/α-hetero) is 1. The van der Waals surface area contributed by atoms with Crippen LogP contribution in [0.2, 0.25) is 0 Å². The average molecular weight is 575 g/mol. The van der Waals surface area contributed by atoms with Gasteiger partial charge in [-0.15, -0.1) is 18.3 Å². The molecule has 0 saturated heterocycles. The van der Waals surface area contributed by atoms with Gasteiger partial charge in [-0.05, 0) is 56.8 Å². The molecule has 40 heavy (non-hydrogen) atoms. The third kappa shape index (κ3) is 4.65. The smallest absolute Gasteiger partial charge is 0.316 e. The fourth-order valence-electron chi connectivity index (χ4n) is 8.42. The molecular weight excluding hydrogens is 528 g/mol. The van der Waals surface area contributed by atoms with Crippen LogP contribution in [-0.2, 0) is 14.3 Å². The Labute approximate surface area is 241 Å². The van der Waals surface area contributed by atoms with E-state index in [0.29, 0.717) is 19.4 Å². The number of esters is 1. The number of rotatable bonds is 8. The van der Waals surface area contributed by atoms with Crippen molar-refractivity contribution in [3.8, 4) is 0 Å². The molecule has 1 aromatic carbocycles. The molecule has 0 amide bonds. The first kappa shape index (κ1) is 30.8. The van der Waals surface area contributed by atoms with Gasteiger partial charge in [0.1, 0.15) is 23.3 Å². The number of ether oxygens (including phenoxy) is 1. The molecule has 3 saturated carbocycles. The zero-order valence-electron chi connectivity index (χ0n) is 25.0. The second-order valence-corrected chi connectivity index (χ2v) is 15.6. The van der Waals surface area contributed by atoms with Gasteiger partial charge in [0, 0.05) is 41.5 Å². The number of aliphatic hydroxyl groups is 1. The highest BCUT2D eigenvalue weighted by Gasteiger charge is 2.68. The number of nitrogens with two attached hydrogens (primary N) is 1. The minimum atomic E-state index is -0.704. The number of anilines is 2. The van der Waals surface area contributed by atoms with E-state index in [1.807, 2.05) is 20.8 Å². The summed E-state index contributed by atoms with van der Waals surface area (Å²) < 4.78 is 5.88. The Bertz CT molecular complexity index is 1270. The molecule has 222 valence electrons. The SMILES string of the molecule is C=C[C@]1(C)C[C@@H](OC(=O)CSC(C)(C)CN(C)c2c(N)c(=O)c2=O)[C@]2(C)[C@H](C)CC[C@]3(CCC(=O)[C@H]32)[C@@H](C)[C@@H]1O. The average Bonchev–Trinajstić information content (AvgIpc) is 3.25. The van der Waals surface area contributed by atoms with Crippen LogP contribution in [0.25, 0.3) is 0 Å². The fraction of sp³-hybridized carbons (Fsp3) is 0.742. The van der Waals surface area contributed by atoms with Gasteiger partial charge >= 0.3 is 5.97 Å². The number of carbonyl (C=O) groups is 2. The maximum Gasteiger partial charge on any atom is 0.316 e. The van der Waals surface area contributed by atoms with Crippen LogP contribution in [0.3, 0.4) is 0 Å². The van der Waals surface area contributed by atoms with Gasteiger partial charge in [0.25, 0.3) is 10.9 Å². The molecule has 8 atom stereocenters. The summed E-state index contributed by atoms with van der Waals surface area (Å²) in [7, 11) is 1.71. The van der Waals surface area contributed by atoms with Crippen molar-refractivity contribution >= 4 is 34.9 Å². The molecule has 9 heteroatoms. The molecule has 0 spiro atoms. The molecule has 3 N–H and O–H groups in total. The van der Waals surface area contributed by atoms with Gasteiger partial charge in [-0.25, -0.2) is 0 Å². The highest BCUT2D eigenvalue weighted by molar-refractivity contribution is 8.01. The zero-order valence-corrected chi connectivity index (χ0v) is 25.9. The number of carbonyl (C=O) groups excluding carboxylic acids is 2. The van der Waals surface area contributed by atoms with E-state index in [1.165, 1.54) is 11.8 Å². The van der Waals surface area contributed by atoms with E-state index in [4.69, 9.17) is 10.5 Å². The van der Waals surface area contributed by atoms with Gasteiger partial charge in [0.15, 0.2) is 0 Å². The number of thioether (sulfide) groups is 1. The van der Waals surface area contributed by atoms with Crippen LogP contribution in [-0.4, -0.2) is 53.2 Å². The van der Waals surface area contributed by atoms with Crippen LogP contribution in [0, 0.1) is 34.0 Å². The summed E-state index contributed by atoms with van der Waals surface area (Å²) in [6.45, 7) is 16.8. The number of hydrogen-bond donors (Lipinski definition) is 2. The molecule has 8 nitrogen and oxygen atoms in total. The van der Waals surface area contributed by atoms with E-state index in [2.05, 4.69) is 27.4 Å². The van der Waals surface area contributed by atoms with E-state index >= 15 is 0 Å². The number of ketones is 1. The summed E-state index contributed by atoms with van der Waals surface area (Å²) in [6, 6.07) is 0. The Hall–Kier alpha value is -2.13. The van der Waals surface area contributed by atoms with E-state index in [0.717, 1.165) is 19.3 Å². The second-order valence-electron chi connectivity index (χ2n) is 13.9. The molecule has 0 heterocycles. The summed E-state index contributed by atoms with van der Waals surface area (Å²) >= 11 is 1.40. The Kier molecular flexibility index (Phi) is 7.94. The third-order valence-corrected chi connectivity index (χ3v) is 12.4. The molecule has 3 aliphatic carbocycles. The Balaban J connectivity index is 1.57. The molecule has 2 bridgehead atoms. The van der Waals surface area contributed by atoms with E-state index in [1.54, 1.807) is 18.0 Å². The molecule has 3 fully saturated rings. The predicted molar refractivity (Wildman–Crippen MR) is 160 cm³/mol. The predicted octanol–water partition coefficient (Wildman–Crippen LogP) is 3.72. The minimum Gasteiger partial charge on any atom is -0.461 e. The number of aliphatic hydroxyl groups excluding tert-OH is 1. The Morgan fingerprint density at radius 1 is 1.23 bits per heavy atom. The summed E-state index contributed by atoms with van der Waals surface area (Å²) in [4.78, 5) is 52.2. The highest BCUT2D eigenvalue weighted by Crippen LogP contribution is 2.68. The van der Waals surface area contributed by atoms with Crippen molar-refractivity contribution in [2.45, 2.75) is 90.6 Å². The van der Waals surface area contributed by atoms with Crippen LogP contribution in [0.5, 0.6) is 0 Å². The summed E-state index contributed by atoms with van der Waals surface area (Å²) in [5, 5.41) is 11.7. The maximum atomic E-state index is 13.5. The van der Waals surface area contributed by atoms with Gasteiger partial charge in [0.05, 0.1) is 11.9 Å². The molecule has 3 aliphatic rings. The fourth-order valence-corrected chi connectivity index (χ4v) is 9.28. The summed E-state index contributed by atoms with van der Waals surface area (Å²) in [5.41, 5.74) is 3.14. The Morgan fingerprint density at radius 3 is 2.48 bits per heavy atom. The lowest BCUT2D eigenvalue weighted by molar-refractivity contribution is -0.205. The molecule has 0 aromatic heterocycles. The molecule has 4 rings (SSSR count). The van der Waals surface area contributed by atoms with E-state index in [-0.39, 0.29) is 52.0 Å². The van der Waals surface area contributed by atoms with Crippen molar-refractivity contribution in [2.75, 3.05) is 30.0 Å². The lowest BCUT2D eigenvalue weighted by atomic mass is 9.44. The van der Waals surface area contributed by atoms with E-state index < -0.39 is 38.6 Å². The second kappa shape index (κ2) is 10.3. The molecule has 1 aromatic rings. The highest BCUT2D eigenvalue weighted by atomic mass is 32.2. The van der Waals surface area contributed by atoms with Crippen LogP contribution >= 0.6 is 11.8 Å². The quantitative estimate of drug-likeness (QED) is 0.271. The number of nitrogen functional groups attached to an aromatic ring is 1. The van der Waals surface area contributed by atoms with Crippen molar-refractivity contribution in [1.82, 2.24) is 0 Å². The molecule has 0 unspecified atom stereocenters. The first-order valence-corrected chi connectivity index (χ1v) is 15.4. The van der Waals surface area contributed by atoms with Crippen molar-refractivity contribution in [1.29, 1.82) is 0 Å². The van der Waals surface area contributed by atoms with Crippen molar-refractivity contribution in [3.05, 3.63) is 33.1 Å². The maximum absolute atomic E-state index is 13.5. The topological polar surface area (TPSA) is 127 Å². The molecular formula is C31H46N2O6S. The standard InChI is InChI=1S/C31H46N2O6S/c1-9-29(6)14-20(30(7)17(2)10-12-31(18(3)27(29)38)13-11-19(34)26(30)31)39-21(35)15-40-28(4,5)16-33(8)23-22(32)24(36)25(23)37/h9,17-18,20,26-27,38H,1,10-16,32H2,2-8H3/t17-,18+,20-,26+,27+,29-,30+,31+/m1/s1. The van der Waals surface area contributed by atoms with Crippen LogP contribution in [0.1, 0.15) is 73.6 Å². The molecule has 0 aliphatic heterocycles. The number of nitrogens with zero attached hydrogens (tertiary/aromatic N) is 1. The number of hydrogen-bond acceptors (Lipinski definition) is 9. The van der Waals surface area contributed by atoms with Crippen LogP contribution in [0.4, 0.5) is 11.4 Å².